The third kappa shape index (κ3) is 2.88. The Morgan fingerprint density at radius 2 is 2.00 bits per heavy atom. The van der Waals surface area contributed by atoms with Crippen LogP contribution in [0.25, 0.3) is 11.2 Å². The third-order valence-corrected chi connectivity index (χ3v) is 3.94. The minimum absolute atomic E-state index is 0.0198. The maximum atomic E-state index is 12.1. The summed E-state index contributed by atoms with van der Waals surface area (Å²) in [7, 11) is 3.16. The van der Waals surface area contributed by atoms with E-state index in [1.165, 1.54) is 4.57 Å². The number of aromatic amines is 1. The summed E-state index contributed by atoms with van der Waals surface area (Å²) in [5.74, 6) is 1.31. The predicted octanol–water partition coefficient (Wildman–Crippen LogP) is 1.62. The number of nitrogens with two attached hydrogens (primary N) is 1. The molecule has 2 heterocycles. The van der Waals surface area contributed by atoms with Crippen LogP contribution in [0, 0.1) is 0 Å². The molecule has 0 bridgehead atoms. The Hall–Kier alpha value is -2.74. The maximum absolute atomic E-state index is 12.1. The highest BCUT2D eigenvalue weighted by Crippen LogP contribution is 2.28. The van der Waals surface area contributed by atoms with Crippen molar-refractivity contribution in [2.75, 3.05) is 20.0 Å². The number of hydrogen-bond acceptors (Lipinski definition) is 6. The van der Waals surface area contributed by atoms with Gasteiger partial charge >= 0.3 is 5.69 Å². The first kappa shape index (κ1) is 16.1. The van der Waals surface area contributed by atoms with E-state index in [0.29, 0.717) is 35.6 Å². The summed E-state index contributed by atoms with van der Waals surface area (Å²) in [6.07, 6.45) is 0.592. The minimum atomic E-state index is -0.313. The van der Waals surface area contributed by atoms with Crippen LogP contribution in [0.1, 0.15) is 5.56 Å². The zero-order chi connectivity index (χ0) is 17.3. The highest BCUT2D eigenvalue weighted by Gasteiger charge is 2.13. The smallest absolute Gasteiger partial charge is 0.327 e. The van der Waals surface area contributed by atoms with Gasteiger partial charge in [0.2, 0.25) is 5.95 Å². The molecule has 2 aromatic heterocycles. The predicted molar refractivity (Wildman–Crippen MR) is 90.8 cm³/mol. The molecule has 0 radical (unpaired) electrons. The highest BCUT2D eigenvalue weighted by atomic mass is 35.5. The fraction of sp³-hybridized carbons (Fsp3) is 0.267. The van der Waals surface area contributed by atoms with Crippen molar-refractivity contribution in [1.82, 2.24) is 19.5 Å². The molecule has 9 heteroatoms. The maximum Gasteiger partial charge on any atom is 0.327 e. The summed E-state index contributed by atoms with van der Waals surface area (Å²) >= 11 is 5.99. The van der Waals surface area contributed by atoms with E-state index in [4.69, 9.17) is 26.8 Å². The molecule has 1 aromatic carbocycles. The lowest BCUT2D eigenvalue weighted by Gasteiger charge is -2.10. The van der Waals surface area contributed by atoms with Gasteiger partial charge in [0.1, 0.15) is 5.52 Å². The van der Waals surface area contributed by atoms with Gasteiger partial charge < -0.3 is 20.2 Å². The van der Waals surface area contributed by atoms with Crippen LogP contribution in [0.2, 0.25) is 5.15 Å². The van der Waals surface area contributed by atoms with Gasteiger partial charge in [-0.2, -0.15) is 9.97 Å². The second kappa shape index (κ2) is 6.40. The number of nitrogens with zero attached hydrogens (tertiary/aromatic N) is 3. The molecular formula is C15H16ClN5O3. The van der Waals surface area contributed by atoms with Crippen LogP contribution in [0.4, 0.5) is 5.95 Å². The number of methoxy groups -OCH3 is 2. The van der Waals surface area contributed by atoms with E-state index >= 15 is 0 Å². The molecule has 3 N–H and O–H groups in total. The second-order valence-corrected chi connectivity index (χ2v) is 5.45. The Kier molecular flexibility index (Phi) is 4.30. The van der Waals surface area contributed by atoms with Crippen molar-refractivity contribution in [3.05, 3.63) is 39.4 Å². The van der Waals surface area contributed by atoms with Gasteiger partial charge in [0.05, 0.1) is 14.2 Å². The van der Waals surface area contributed by atoms with Crippen molar-refractivity contribution in [2.24, 2.45) is 0 Å². The van der Waals surface area contributed by atoms with E-state index in [0.717, 1.165) is 5.56 Å². The van der Waals surface area contributed by atoms with Crippen LogP contribution < -0.4 is 20.9 Å². The lowest BCUT2D eigenvalue weighted by molar-refractivity contribution is 0.354. The molecule has 0 atom stereocenters. The fourth-order valence-corrected chi connectivity index (χ4v) is 2.71. The fourth-order valence-electron chi connectivity index (χ4n) is 2.50. The van der Waals surface area contributed by atoms with Gasteiger partial charge in [0.25, 0.3) is 0 Å². The number of fused-ring (bicyclic) bond motifs is 1. The van der Waals surface area contributed by atoms with Gasteiger partial charge in [0.15, 0.2) is 22.3 Å². The Morgan fingerprint density at radius 1 is 1.25 bits per heavy atom. The van der Waals surface area contributed by atoms with Crippen molar-refractivity contribution in [2.45, 2.75) is 13.0 Å². The van der Waals surface area contributed by atoms with Crippen LogP contribution >= 0.6 is 11.6 Å². The largest absolute Gasteiger partial charge is 0.493 e. The normalized spacial score (nSPS) is 11.0. The van der Waals surface area contributed by atoms with Gasteiger partial charge in [-0.05, 0) is 24.1 Å². The molecular weight excluding hydrogens is 334 g/mol. The summed E-state index contributed by atoms with van der Waals surface area (Å²) in [5.41, 5.74) is 7.05. The van der Waals surface area contributed by atoms with Crippen LogP contribution in [0.15, 0.2) is 23.0 Å². The highest BCUT2D eigenvalue weighted by molar-refractivity contribution is 6.33. The molecule has 0 spiro atoms. The number of aromatic nitrogens is 4. The summed E-state index contributed by atoms with van der Waals surface area (Å²) in [6, 6.07) is 5.61. The number of nitrogen functional groups attached to an aromatic ring is 1. The van der Waals surface area contributed by atoms with E-state index < -0.39 is 0 Å². The first-order valence-electron chi connectivity index (χ1n) is 7.16. The van der Waals surface area contributed by atoms with Crippen molar-refractivity contribution in [3.63, 3.8) is 0 Å². The third-order valence-electron chi connectivity index (χ3n) is 3.67. The van der Waals surface area contributed by atoms with Crippen LogP contribution in [-0.2, 0) is 13.0 Å². The van der Waals surface area contributed by atoms with Crippen LogP contribution in [0.3, 0.4) is 0 Å². The molecule has 8 nitrogen and oxygen atoms in total. The lowest BCUT2D eigenvalue weighted by Crippen LogP contribution is -2.18. The first-order valence-corrected chi connectivity index (χ1v) is 7.53. The molecule has 24 heavy (non-hydrogen) atoms. The number of nitrogens with one attached hydrogen (secondary N) is 1. The average Bonchev–Trinajstić information content (AvgIpc) is 2.88. The van der Waals surface area contributed by atoms with Gasteiger partial charge in [-0.1, -0.05) is 17.7 Å². The molecule has 0 saturated heterocycles. The Morgan fingerprint density at radius 3 is 2.71 bits per heavy atom. The second-order valence-electron chi connectivity index (χ2n) is 5.09. The molecule has 0 saturated carbocycles. The monoisotopic (exact) mass is 349 g/mol. The standard InChI is InChI=1S/C15H16ClN5O3/c1-23-9-4-3-8(7-10(9)24-2)5-6-21-13-11(18-15(21)22)12(16)19-14(17)20-13/h3-4,7H,5-6H2,1-2H3,(H,18,22)(H2,17,19,20). The molecule has 0 aliphatic heterocycles. The molecule has 0 aliphatic rings. The number of H-pyrrole nitrogens is 1. The Balaban J connectivity index is 1.91. The number of anilines is 1. The van der Waals surface area contributed by atoms with Gasteiger partial charge in [-0.25, -0.2) is 4.79 Å². The average molecular weight is 350 g/mol. The molecule has 0 unspecified atom stereocenters. The molecule has 0 amide bonds. The summed E-state index contributed by atoms with van der Waals surface area (Å²) in [5, 5.41) is 0.125. The number of imidazole rings is 1. The minimum Gasteiger partial charge on any atom is -0.493 e. The Bertz CT molecular complexity index is 950. The van der Waals surface area contributed by atoms with Crippen molar-refractivity contribution in [3.8, 4) is 11.5 Å². The van der Waals surface area contributed by atoms with Gasteiger partial charge in [0, 0.05) is 6.54 Å². The summed E-state index contributed by atoms with van der Waals surface area (Å²) < 4.78 is 12.0. The van der Waals surface area contributed by atoms with E-state index in [1.54, 1.807) is 14.2 Å². The molecule has 3 rings (SSSR count). The van der Waals surface area contributed by atoms with Gasteiger partial charge in [-0.15, -0.1) is 0 Å². The van der Waals surface area contributed by atoms with E-state index in [-0.39, 0.29) is 16.8 Å². The van der Waals surface area contributed by atoms with E-state index in [9.17, 15) is 4.79 Å². The lowest BCUT2D eigenvalue weighted by atomic mass is 10.1. The number of ether oxygens (including phenoxy) is 2. The SMILES string of the molecule is COc1ccc(CCn2c(=O)[nH]c3c(Cl)nc(N)nc32)cc1OC. The van der Waals surface area contributed by atoms with Crippen LogP contribution in [-0.4, -0.2) is 33.7 Å². The number of rotatable bonds is 5. The summed E-state index contributed by atoms with van der Waals surface area (Å²) in [4.78, 5) is 22.7. The zero-order valence-electron chi connectivity index (χ0n) is 13.2. The number of halogens is 1. The van der Waals surface area contributed by atoms with Crippen LogP contribution in [0.5, 0.6) is 11.5 Å². The molecule has 0 aliphatic carbocycles. The van der Waals surface area contributed by atoms with E-state index in [2.05, 4.69) is 15.0 Å². The topological polar surface area (TPSA) is 108 Å². The number of aryl methyl sites for hydroxylation is 2. The Labute approximate surface area is 142 Å². The van der Waals surface area contributed by atoms with E-state index in [1.807, 2.05) is 18.2 Å². The molecule has 0 fully saturated rings. The summed E-state index contributed by atoms with van der Waals surface area (Å²) in [6.45, 7) is 0.404. The van der Waals surface area contributed by atoms with Gasteiger partial charge in [-0.3, -0.25) is 4.57 Å². The first-order chi connectivity index (χ1) is 11.5. The van der Waals surface area contributed by atoms with Crippen molar-refractivity contribution >= 4 is 28.7 Å². The molecule has 126 valence electrons. The number of benzene rings is 1. The zero-order valence-corrected chi connectivity index (χ0v) is 13.9. The number of hydrogen-bond donors (Lipinski definition) is 2. The quantitative estimate of drug-likeness (QED) is 0.677. The van der Waals surface area contributed by atoms with Crippen molar-refractivity contribution < 1.29 is 9.47 Å². The van der Waals surface area contributed by atoms with Crippen molar-refractivity contribution in [1.29, 1.82) is 0 Å². The molecule has 3 aromatic rings.